The Kier molecular flexibility index (Phi) is 6.24. The molecule has 0 fully saturated rings. The van der Waals surface area contributed by atoms with Gasteiger partial charge in [-0.25, -0.2) is 0 Å². The number of nitrogens with zero attached hydrogens (tertiary/aromatic N) is 1. The number of carbonyl (C=O) groups is 1. The molecule has 0 heterocycles. The summed E-state index contributed by atoms with van der Waals surface area (Å²) in [5.74, 6) is 0.107. The highest BCUT2D eigenvalue weighted by Crippen LogP contribution is 2.27. The zero-order chi connectivity index (χ0) is 17.7. The van der Waals surface area contributed by atoms with Gasteiger partial charge >= 0.3 is 0 Å². The molecule has 0 saturated heterocycles. The molecule has 2 rings (SSSR count). The highest BCUT2D eigenvalue weighted by Gasteiger charge is 2.08. The van der Waals surface area contributed by atoms with Gasteiger partial charge in [0.1, 0.15) is 11.6 Å². The number of amides is 1. The van der Waals surface area contributed by atoms with Crippen molar-refractivity contribution < 1.29 is 4.79 Å². The number of hydrogen-bond donors (Lipinski definition) is 1. The molecule has 0 aliphatic heterocycles. The molecule has 0 radical (unpaired) electrons. The van der Waals surface area contributed by atoms with Gasteiger partial charge in [0.15, 0.2) is 0 Å². The lowest BCUT2D eigenvalue weighted by molar-refractivity contribution is -0.114. The van der Waals surface area contributed by atoms with E-state index in [1.54, 1.807) is 17.8 Å². The van der Waals surface area contributed by atoms with Crippen molar-refractivity contribution >= 4 is 39.7 Å². The molecule has 1 amide bonds. The van der Waals surface area contributed by atoms with E-state index < -0.39 is 5.91 Å². The third-order valence-corrected chi connectivity index (χ3v) is 5.21. The lowest BCUT2D eigenvalue weighted by atomic mass is 9.99. The van der Waals surface area contributed by atoms with E-state index in [-0.39, 0.29) is 5.57 Å². The Morgan fingerprint density at radius 2 is 1.92 bits per heavy atom. The van der Waals surface area contributed by atoms with Crippen LogP contribution in [0.25, 0.3) is 6.08 Å². The van der Waals surface area contributed by atoms with E-state index in [1.165, 1.54) is 16.0 Å². The molecule has 0 aromatic heterocycles. The van der Waals surface area contributed by atoms with Crippen molar-refractivity contribution in [2.24, 2.45) is 5.73 Å². The summed E-state index contributed by atoms with van der Waals surface area (Å²) in [6.07, 6.45) is 1.56. The number of primary amides is 1. The molecule has 122 valence electrons. The fourth-order valence-corrected chi connectivity index (χ4v) is 3.46. The number of nitrogens with two attached hydrogens (primary N) is 1. The van der Waals surface area contributed by atoms with Crippen LogP contribution in [0.15, 0.2) is 51.3 Å². The number of halogens is 1. The minimum atomic E-state index is -0.705. The molecule has 5 heteroatoms. The van der Waals surface area contributed by atoms with Crippen molar-refractivity contribution in [2.75, 3.05) is 0 Å². The lowest BCUT2D eigenvalue weighted by Crippen LogP contribution is -2.12. The van der Waals surface area contributed by atoms with Crippen molar-refractivity contribution in [2.45, 2.75) is 24.5 Å². The van der Waals surface area contributed by atoms with Crippen LogP contribution in [0.2, 0.25) is 0 Å². The molecule has 0 aliphatic carbocycles. The Hall–Kier alpha value is -2.03. The van der Waals surface area contributed by atoms with Crippen LogP contribution in [0.4, 0.5) is 0 Å². The maximum Gasteiger partial charge on any atom is 0.259 e. The van der Waals surface area contributed by atoms with Gasteiger partial charge in [0, 0.05) is 15.1 Å². The van der Waals surface area contributed by atoms with E-state index in [0.29, 0.717) is 0 Å². The number of nitriles is 1. The quantitative estimate of drug-likeness (QED) is 0.447. The van der Waals surface area contributed by atoms with E-state index in [1.807, 2.05) is 31.2 Å². The van der Waals surface area contributed by atoms with Crippen LogP contribution in [-0.2, 0) is 10.5 Å². The fourth-order valence-electron chi connectivity index (χ4n) is 2.23. The standard InChI is InChI=1S/C19H17BrN2OS/c1-12-7-13(2)16(9-14(12)8-15(10-21)19(22)23)11-24-18-5-3-17(20)4-6-18/h3-9H,11H2,1-2H3,(H2,22,23). The van der Waals surface area contributed by atoms with Gasteiger partial charge in [-0.05, 0) is 66.4 Å². The zero-order valence-corrected chi connectivity index (χ0v) is 15.9. The van der Waals surface area contributed by atoms with Crippen molar-refractivity contribution in [3.05, 3.63) is 68.7 Å². The van der Waals surface area contributed by atoms with E-state index in [2.05, 4.69) is 41.1 Å². The second kappa shape index (κ2) is 8.18. The first-order valence-corrected chi connectivity index (χ1v) is 9.08. The summed E-state index contributed by atoms with van der Waals surface area (Å²) in [4.78, 5) is 12.4. The summed E-state index contributed by atoms with van der Waals surface area (Å²) in [5, 5.41) is 9.02. The van der Waals surface area contributed by atoms with Crippen LogP contribution < -0.4 is 5.73 Å². The molecule has 0 saturated carbocycles. The fraction of sp³-hybridized carbons (Fsp3) is 0.158. The minimum absolute atomic E-state index is 0.0338. The highest BCUT2D eigenvalue weighted by molar-refractivity contribution is 9.10. The monoisotopic (exact) mass is 400 g/mol. The van der Waals surface area contributed by atoms with Gasteiger partial charge in [0.25, 0.3) is 5.91 Å². The Morgan fingerprint density at radius 3 is 2.50 bits per heavy atom. The Labute approximate surface area is 154 Å². The number of carbonyl (C=O) groups excluding carboxylic acids is 1. The molecule has 0 unspecified atom stereocenters. The number of thioether (sulfide) groups is 1. The Morgan fingerprint density at radius 1 is 1.25 bits per heavy atom. The predicted octanol–water partition coefficient (Wildman–Crippen LogP) is 4.75. The van der Waals surface area contributed by atoms with Gasteiger partial charge in [0.05, 0.1) is 0 Å². The lowest BCUT2D eigenvalue weighted by Gasteiger charge is -2.10. The first-order chi connectivity index (χ1) is 11.4. The number of hydrogen-bond acceptors (Lipinski definition) is 3. The Bertz CT molecular complexity index is 836. The van der Waals surface area contributed by atoms with Crippen molar-refractivity contribution in [3.63, 3.8) is 0 Å². The summed E-state index contributed by atoms with van der Waals surface area (Å²) >= 11 is 5.18. The van der Waals surface area contributed by atoms with Crippen LogP contribution in [0.1, 0.15) is 22.3 Å². The molecule has 0 bridgehead atoms. The molecule has 2 N–H and O–H groups in total. The van der Waals surface area contributed by atoms with Crippen molar-refractivity contribution in [1.82, 2.24) is 0 Å². The maximum absolute atomic E-state index is 11.3. The average Bonchev–Trinajstić information content (AvgIpc) is 2.54. The molecule has 0 spiro atoms. The second-order valence-electron chi connectivity index (χ2n) is 5.41. The van der Waals surface area contributed by atoms with Gasteiger partial charge in [0.2, 0.25) is 0 Å². The third kappa shape index (κ3) is 4.73. The summed E-state index contributed by atoms with van der Waals surface area (Å²) in [7, 11) is 0. The van der Waals surface area contributed by atoms with Crippen LogP contribution >= 0.6 is 27.7 Å². The average molecular weight is 401 g/mol. The molecule has 3 nitrogen and oxygen atoms in total. The van der Waals surface area contributed by atoms with Gasteiger partial charge in [-0.15, -0.1) is 11.8 Å². The van der Waals surface area contributed by atoms with Crippen LogP contribution in [0, 0.1) is 25.2 Å². The number of aryl methyl sites for hydroxylation is 2. The van der Waals surface area contributed by atoms with Crippen molar-refractivity contribution in [1.29, 1.82) is 5.26 Å². The minimum Gasteiger partial charge on any atom is -0.365 e. The molecular formula is C19H17BrN2OS. The zero-order valence-electron chi connectivity index (χ0n) is 13.5. The van der Waals surface area contributed by atoms with Crippen LogP contribution in [0.3, 0.4) is 0 Å². The predicted molar refractivity (Wildman–Crippen MR) is 102 cm³/mol. The Balaban J connectivity index is 2.27. The first-order valence-electron chi connectivity index (χ1n) is 7.31. The highest BCUT2D eigenvalue weighted by atomic mass is 79.9. The topological polar surface area (TPSA) is 66.9 Å². The van der Waals surface area contributed by atoms with Gasteiger partial charge in [-0.2, -0.15) is 5.26 Å². The van der Waals surface area contributed by atoms with Gasteiger partial charge in [-0.1, -0.05) is 28.1 Å². The third-order valence-electron chi connectivity index (χ3n) is 3.62. The van der Waals surface area contributed by atoms with E-state index in [9.17, 15) is 4.79 Å². The molecule has 0 aliphatic rings. The molecule has 2 aromatic carbocycles. The summed E-state index contributed by atoms with van der Waals surface area (Å²) in [5.41, 5.74) is 9.41. The van der Waals surface area contributed by atoms with E-state index >= 15 is 0 Å². The van der Waals surface area contributed by atoms with E-state index in [0.717, 1.165) is 21.4 Å². The number of benzene rings is 2. The molecule has 0 atom stereocenters. The molecular weight excluding hydrogens is 384 g/mol. The van der Waals surface area contributed by atoms with Gasteiger partial charge < -0.3 is 5.73 Å². The largest absolute Gasteiger partial charge is 0.365 e. The molecule has 24 heavy (non-hydrogen) atoms. The van der Waals surface area contributed by atoms with Crippen LogP contribution in [-0.4, -0.2) is 5.91 Å². The summed E-state index contributed by atoms with van der Waals surface area (Å²) in [6.45, 7) is 4.03. The van der Waals surface area contributed by atoms with Crippen molar-refractivity contribution in [3.8, 4) is 6.07 Å². The number of rotatable bonds is 5. The first kappa shape index (κ1) is 18.3. The summed E-state index contributed by atoms with van der Waals surface area (Å²) in [6, 6.07) is 14.1. The van der Waals surface area contributed by atoms with Crippen LogP contribution in [0.5, 0.6) is 0 Å². The second-order valence-corrected chi connectivity index (χ2v) is 7.38. The van der Waals surface area contributed by atoms with E-state index in [4.69, 9.17) is 11.0 Å². The maximum atomic E-state index is 11.3. The van der Waals surface area contributed by atoms with Gasteiger partial charge in [-0.3, -0.25) is 4.79 Å². The molecule has 2 aromatic rings. The summed E-state index contributed by atoms with van der Waals surface area (Å²) < 4.78 is 1.06. The normalized spacial score (nSPS) is 11.2. The SMILES string of the molecule is Cc1cc(C)c(CSc2ccc(Br)cc2)cc1C=C(C#N)C(N)=O. The smallest absolute Gasteiger partial charge is 0.259 e.